The summed E-state index contributed by atoms with van der Waals surface area (Å²) in [6.45, 7) is 2.95. The van der Waals surface area contributed by atoms with E-state index in [1.807, 2.05) is 0 Å². The Labute approximate surface area is 108 Å². The van der Waals surface area contributed by atoms with Crippen molar-refractivity contribution < 1.29 is 8.78 Å². The summed E-state index contributed by atoms with van der Waals surface area (Å²) in [5, 5.41) is 3.40. The number of halogens is 2. The standard InChI is InChI=1S/C15H21F2N/c1-2-18-14(8-5-11-3-4-11)9-12-6-7-13(16)10-15(12)17/h6-7,10-11,14,18H,2-5,8-9H2,1H3. The van der Waals surface area contributed by atoms with E-state index in [-0.39, 0.29) is 0 Å². The Morgan fingerprint density at radius 2 is 2.11 bits per heavy atom. The van der Waals surface area contributed by atoms with Gasteiger partial charge in [0.15, 0.2) is 0 Å². The van der Waals surface area contributed by atoms with Crippen molar-refractivity contribution in [2.24, 2.45) is 5.92 Å². The Morgan fingerprint density at radius 3 is 2.72 bits per heavy atom. The van der Waals surface area contributed by atoms with Crippen LogP contribution in [0.3, 0.4) is 0 Å². The molecule has 0 aliphatic heterocycles. The largest absolute Gasteiger partial charge is 0.314 e. The maximum absolute atomic E-state index is 13.6. The topological polar surface area (TPSA) is 12.0 Å². The van der Waals surface area contributed by atoms with E-state index in [2.05, 4.69) is 12.2 Å². The summed E-state index contributed by atoms with van der Waals surface area (Å²) in [5.41, 5.74) is 0.609. The van der Waals surface area contributed by atoms with Crippen molar-refractivity contribution >= 4 is 0 Å². The van der Waals surface area contributed by atoms with Crippen LogP contribution in [0.15, 0.2) is 18.2 Å². The molecule has 0 saturated heterocycles. The molecule has 3 heteroatoms. The van der Waals surface area contributed by atoms with Gasteiger partial charge in [0.25, 0.3) is 0 Å². The van der Waals surface area contributed by atoms with Crippen LogP contribution in [0.4, 0.5) is 8.78 Å². The Hall–Kier alpha value is -0.960. The molecular formula is C15H21F2N. The summed E-state index contributed by atoms with van der Waals surface area (Å²) < 4.78 is 26.4. The van der Waals surface area contributed by atoms with Crippen molar-refractivity contribution in [1.82, 2.24) is 5.32 Å². The average Bonchev–Trinajstić information content (AvgIpc) is 3.13. The molecule has 0 bridgehead atoms. The first-order valence-electron chi connectivity index (χ1n) is 6.86. The van der Waals surface area contributed by atoms with Gasteiger partial charge in [-0.2, -0.15) is 0 Å². The third-order valence-corrected chi connectivity index (χ3v) is 3.59. The lowest BCUT2D eigenvalue weighted by Gasteiger charge is -2.18. The predicted molar refractivity (Wildman–Crippen MR) is 69.5 cm³/mol. The molecule has 0 radical (unpaired) electrons. The first-order chi connectivity index (χ1) is 8.69. The molecule has 0 heterocycles. The van der Waals surface area contributed by atoms with E-state index in [1.165, 1.54) is 25.3 Å². The molecule has 18 heavy (non-hydrogen) atoms. The number of nitrogens with one attached hydrogen (secondary N) is 1. The van der Waals surface area contributed by atoms with Crippen LogP contribution in [0.5, 0.6) is 0 Å². The van der Waals surface area contributed by atoms with Gasteiger partial charge in [-0.1, -0.05) is 25.8 Å². The fourth-order valence-electron chi connectivity index (χ4n) is 2.36. The van der Waals surface area contributed by atoms with E-state index in [9.17, 15) is 8.78 Å². The fraction of sp³-hybridized carbons (Fsp3) is 0.600. The highest BCUT2D eigenvalue weighted by Gasteiger charge is 2.22. The molecule has 1 N–H and O–H groups in total. The van der Waals surface area contributed by atoms with Crippen molar-refractivity contribution in [2.75, 3.05) is 6.54 Å². The maximum atomic E-state index is 13.6. The lowest BCUT2D eigenvalue weighted by molar-refractivity contribution is 0.453. The van der Waals surface area contributed by atoms with Gasteiger partial charge in [0, 0.05) is 12.1 Å². The van der Waals surface area contributed by atoms with Gasteiger partial charge in [-0.3, -0.25) is 0 Å². The van der Waals surface area contributed by atoms with E-state index >= 15 is 0 Å². The van der Waals surface area contributed by atoms with Crippen LogP contribution in [0.2, 0.25) is 0 Å². The number of rotatable bonds is 7. The van der Waals surface area contributed by atoms with Crippen molar-refractivity contribution in [3.8, 4) is 0 Å². The molecule has 1 atom stereocenters. The summed E-state index contributed by atoms with van der Waals surface area (Å²) >= 11 is 0. The first-order valence-corrected chi connectivity index (χ1v) is 6.86. The lowest BCUT2D eigenvalue weighted by Crippen LogP contribution is -2.31. The summed E-state index contributed by atoms with van der Waals surface area (Å²) in [6, 6.07) is 4.17. The molecular weight excluding hydrogens is 232 g/mol. The highest BCUT2D eigenvalue weighted by Crippen LogP contribution is 2.34. The van der Waals surface area contributed by atoms with Crippen LogP contribution in [-0.2, 0) is 6.42 Å². The zero-order valence-corrected chi connectivity index (χ0v) is 10.9. The van der Waals surface area contributed by atoms with E-state index < -0.39 is 11.6 Å². The second kappa shape index (κ2) is 6.28. The highest BCUT2D eigenvalue weighted by atomic mass is 19.1. The number of hydrogen-bond donors (Lipinski definition) is 1. The molecule has 0 aromatic heterocycles. The van der Waals surface area contributed by atoms with Crippen LogP contribution in [0, 0.1) is 17.6 Å². The fourth-order valence-corrected chi connectivity index (χ4v) is 2.36. The molecule has 0 spiro atoms. The van der Waals surface area contributed by atoms with Crippen molar-refractivity contribution in [2.45, 2.75) is 45.1 Å². The van der Waals surface area contributed by atoms with E-state index in [4.69, 9.17) is 0 Å². The lowest BCUT2D eigenvalue weighted by atomic mass is 10.00. The van der Waals surface area contributed by atoms with Gasteiger partial charge in [-0.25, -0.2) is 8.78 Å². The van der Waals surface area contributed by atoms with Crippen molar-refractivity contribution in [3.63, 3.8) is 0 Å². The summed E-state index contributed by atoms with van der Waals surface area (Å²) in [6.07, 6.45) is 5.65. The van der Waals surface area contributed by atoms with Crippen LogP contribution < -0.4 is 5.32 Å². The third kappa shape index (κ3) is 4.05. The number of likely N-dealkylation sites (N-methyl/N-ethyl adjacent to an activating group) is 1. The molecule has 1 aromatic rings. The van der Waals surface area contributed by atoms with Crippen molar-refractivity contribution in [1.29, 1.82) is 0 Å². The Morgan fingerprint density at radius 1 is 1.33 bits per heavy atom. The first kappa shape index (κ1) is 13.5. The molecule has 1 saturated carbocycles. The van der Waals surface area contributed by atoms with Gasteiger partial charge < -0.3 is 5.32 Å². The summed E-state index contributed by atoms with van der Waals surface area (Å²) in [5.74, 6) is -0.0391. The van der Waals surface area contributed by atoms with E-state index in [1.54, 1.807) is 6.07 Å². The molecule has 1 aliphatic carbocycles. The van der Waals surface area contributed by atoms with Gasteiger partial charge in [-0.15, -0.1) is 0 Å². The maximum Gasteiger partial charge on any atom is 0.129 e. The number of benzene rings is 1. The SMILES string of the molecule is CCNC(CCC1CC1)Cc1ccc(F)cc1F. The second-order valence-corrected chi connectivity index (χ2v) is 5.22. The van der Waals surface area contributed by atoms with Crippen LogP contribution >= 0.6 is 0 Å². The Bertz CT molecular complexity index is 388. The molecule has 1 unspecified atom stereocenters. The molecule has 1 aliphatic rings. The minimum atomic E-state index is -0.505. The molecule has 0 amide bonds. The van der Waals surface area contributed by atoms with E-state index in [0.29, 0.717) is 18.0 Å². The zero-order valence-electron chi connectivity index (χ0n) is 10.9. The van der Waals surface area contributed by atoms with Crippen molar-refractivity contribution in [3.05, 3.63) is 35.4 Å². The average molecular weight is 253 g/mol. The molecule has 1 aromatic carbocycles. The molecule has 1 nitrogen and oxygen atoms in total. The van der Waals surface area contributed by atoms with E-state index in [0.717, 1.165) is 24.9 Å². The third-order valence-electron chi connectivity index (χ3n) is 3.59. The monoisotopic (exact) mass is 253 g/mol. The summed E-state index contributed by atoms with van der Waals surface area (Å²) in [7, 11) is 0. The molecule has 2 rings (SSSR count). The smallest absolute Gasteiger partial charge is 0.129 e. The second-order valence-electron chi connectivity index (χ2n) is 5.22. The minimum absolute atomic E-state index is 0.301. The Balaban J connectivity index is 1.92. The Kier molecular flexibility index (Phi) is 4.70. The quantitative estimate of drug-likeness (QED) is 0.781. The van der Waals surface area contributed by atoms with Gasteiger partial charge >= 0.3 is 0 Å². The van der Waals surface area contributed by atoms with Crippen LogP contribution in [0.25, 0.3) is 0 Å². The van der Waals surface area contributed by atoms with Crippen LogP contribution in [-0.4, -0.2) is 12.6 Å². The van der Waals surface area contributed by atoms with Gasteiger partial charge in [0.05, 0.1) is 0 Å². The summed E-state index contributed by atoms with van der Waals surface area (Å²) in [4.78, 5) is 0. The highest BCUT2D eigenvalue weighted by molar-refractivity contribution is 5.19. The van der Waals surface area contributed by atoms with Gasteiger partial charge in [0.1, 0.15) is 11.6 Å². The van der Waals surface area contributed by atoms with Gasteiger partial charge in [-0.05, 0) is 43.4 Å². The predicted octanol–water partition coefficient (Wildman–Crippen LogP) is 3.68. The molecule has 1 fully saturated rings. The van der Waals surface area contributed by atoms with Gasteiger partial charge in [0.2, 0.25) is 0 Å². The minimum Gasteiger partial charge on any atom is -0.314 e. The van der Waals surface area contributed by atoms with Crippen LogP contribution in [0.1, 0.15) is 38.2 Å². The molecule has 100 valence electrons. The zero-order chi connectivity index (χ0) is 13.0. The number of hydrogen-bond acceptors (Lipinski definition) is 1. The normalized spacial score (nSPS) is 16.8.